The number of carbonyl (C=O) groups is 1. The van der Waals surface area contributed by atoms with Crippen molar-refractivity contribution < 1.29 is 14.1 Å². The number of pyridine rings is 1. The van der Waals surface area contributed by atoms with Crippen molar-refractivity contribution in [2.24, 2.45) is 0 Å². The Bertz CT molecular complexity index is 757. The number of nitrogens with zero attached hydrogens (tertiary/aromatic N) is 3. The number of hydrogen-bond acceptors (Lipinski definition) is 6. The summed E-state index contributed by atoms with van der Waals surface area (Å²) in [5.41, 5.74) is 2.10. The van der Waals surface area contributed by atoms with Crippen LogP contribution in [0.1, 0.15) is 53.4 Å². The Morgan fingerprint density at radius 1 is 1.40 bits per heavy atom. The quantitative estimate of drug-likeness (QED) is 0.918. The van der Waals surface area contributed by atoms with Crippen LogP contribution in [-0.4, -0.2) is 47.7 Å². The van der Waals surface area contributed by atoms with Crippen molar-refractivity contribution in [3.05, 3.63) is 40.9 Å². The smallest absolute Gasteiger partial charge is 0.259 e. The molecular formula is C18H24N4O3. The van der Waals surface area contributed by atoms with E-state index >= 15 is 0 Å². The molecule has 3 rings (SSSR count). The SMILES string of the molecule is CNc1cccc(C2CN(C(=O)c3c(C(C)C)noc3C)CCO2)n1. The molecule has 1 fully saturated rings. The van der Waals surface area contributed by atoms with E-state index in [1.807, 2.05) is 39.1 Å². The number of aromatic nitrogens is 2. The lowest BCUT2D eigenvalue weighted by Gasteiger charge is -2.33. The zero-order chi connectivity index (χ0) is 18.0. The summed E-state index contributed by atoms with van der Waals surface area (Å²) in [4.78, 5) is 19.4. The molecule has 1 aliphatic rings. The molecule has 134 valence electrons. The maximum atomic E-state index is 13.0. The Morgan fingerprint density at radius 2 is 2.20 bits per heavy atom. The van der Waals surface area contributed by atoms with Crippen LogP contribution >= 0.6 is 0 Å². The number of rotatable bonds is 4. The van der Waals surface area contributed by atoms with Gasteiger partial charge in [-0.2, -0.15) is 0 Å². The van der Waals surface area contributed by atoms with E-state index in [0.29, 0.717) is 36.7 Å². The van der Waals surface area contributed by atoms with Crippen LogP contribution in [0, 0.1) is 6.92 Å². The second kappa shape index (κ2) is 7.23. The number of ether oxygens (including phenoxy) is 1. The number of hydrogen-bond donors (Lipinski definition) is 1. The minimum absolute atomic E-state index is 0.0551. The lowest BCUT2D eigenvalue weighted by molar-refractivity contribution is -0.0247. The van der Waals surface area contributed by atoms with Crippen LogP contribution in [-0.2, 0) is 4.74 Å². The van der Waals surface area contributed by atoms with Crippen LogP contribution in [0.25, 0.3) is 0 Å². The predicted molar refractivity (Wildman–Crippen MR) is 93.7 cm³/mol. The first-order valence-corrected chi connectivity index (χ1v) is 8.53. The van der Waals surface area contributed by atoms with Crippen LogP contribution < -0.4 is 5.32 Å². The van der Waals surface area contributed by atoms with Gasteiger partial charge in [0.25, 0.3) is 5.91 Å². The molecule has 0 radical (unpaired) electrons. The summed E-state index contributed by atoms with van der Waals surface area (Å²) < 4.78 is 11.1. The average molecular weight is 344 g/mol. The molecule has 0 aliphatic carbocycles. The molecule has 2 aromatic heterocycles. The standard InChI is InChI=1S/C18H24N4O3/c1-11(2)17-16(12(3)25-21-17)18(23)22-8-9-24-14(10-22)13-6-5-7-15(19-4)20-13/h5-7,11,14H,8-10H2,1-4H3,(H,19,20). The van der Waals surface area contributed by atoms with Crippen LogP contribution in [0.15, 0.2) is 22.7 Å². The van der Waals surface area contributed by atoms with Crippen molar-refractivity contribution in [1.29, 1.82) is 0 Å². The molecule has 0 saturated carbocycles. The van der Waals surface area contributed by atoms with Gasteiger partial charge in [0, 0.05) is 13.6 Å². The number of aryl methyl sites for hydroxylation is 1. The predicted octanol–water partition coefficient (Wildman–Crippen LogP) is 2.76. The molecule has 0 spiro atoms. The van der Waals surface area contributed by atoms with E-state index in [9.17, 15) is 4.79 Å². The molecule has 1 amide bonds. The second-order valence-corrected chi connectivity index (χ2v) is 6.46. The van der Waals surface area contributed by atoms with Gasteiger partial charge >= 0.3 is 0 Å². The largest absolute Gasteiger partial charge is 0.373 e. The molecule has 0 aromatic carbocycles. The van der Waals surface area contributed by atoms with Crippen LogP contribution in [0.3, 0.4) is 0 Å². The number of carbonyl (C=O) groups excluding carboxylic acids is 1. The van der Waals surface area contributed by atoms with Gasteiger partial charge in [-0.05, 0) is 25.0 Å². The fourth-order valence-corrected chi connectivity index (χ4v) is 2.98. The maximum Gasteiger partial charge on any atom is 0.259 e. The fraction of sp³-hybridized carbons (Fsp3) is 0.500. The third kappa shape index (κ3) is 3.51. The van der Waals surface area contributed by atoms with Crippen LogP contribution in [0.5, 0.6) is 0 Å². The normalized spacial score (nSPS) is 17.8. The van der Waals surface area contributed by atoms with Gasteiger partial charge in [0.05, 0.1) is 24.5 Å². The molecule has 3 heterocycles. The molecule has 25 heavy (non-hydrogen) atoms. The Morgan fingerprint density at radius 3 is 2.92 bits per heavy atom. The van der Waals surface area contributed by atoms with Crippen molar-refractivity contribution in [3.63, 3.8) is 0 Å². The van der Waals surface area contributed by atoms with Crippen LogP contribution in [0.4, 0.5) is 5.82 Å². The van der Waals surface area contributed by atoms with Crippen LogP contribution in [0.2, 0.25) is 0 Å². The molecule has 1 saturated heterocycles. The molecule has 1 aliphatic heterocycles. The molecule has 7 heteroatoms. The maximum absolute atomic E-state index is 13.0. The minimum Gasteiger partial charge on any atom is -0.373 e. The van der Waals surface area contributed by atoms with E-state index in [2.05, 4.69) is 15.5 Å². The summed E-state index contributed by atoms with van der Waals surface area (Å²) in [6.07, 6.45) is -0.242. The Balaban J connectivity index is 1.81. The van der Waals surface area contributed by atoms with Gasteiger partial charge in [0.15, 0.2) is 0 Å². The van der Waals surface area contributed by atoms with E-state index in [1.54, 1.807) is 11.8 Å². The Hall–Kier alpha value is -2.41. The molecular weight excluding hydrogens is 320 g/mol. The van der Waals surface area contributed by atoms with E-state index < -0.39 is 0 Å². The zero-order valence-electron chi connectivity index (χ0n) is 15.1. The molecule has 7 nitrogen and oxygen atoms in total. The van der Waals surface area contributed by atoms with Gasteiger partial charge in [-0.25, -0.2) is 4.98 Å². The highest BCUT2D eigenvalue weighted by Crippen LogP contribution is 2.27. The first-order valence-electron chi connectivity index (χ1n) is 8.53. The van der Waals surface area contributed by atoms with E-state index in [0.717, 1.165) is 11.5 Å². The lowest BCUT2D eigenvalue weighted by atomic mass is 10.0. The first-order chi connectivity index (χ1) is 12.0. The van der Waals surface area contributed by atoms with Gasteiger partial charge in [-0.1, -0.05) is 25.1 Å². The fourth-order valence-electron chi connectivity index (χ4n) is 2.98. The van der Waals surface area contributed by atoms with E-state index in [-0.39, 0.29) is 17.9 Å². The van der Waals surface area contributed by atoms with E-state index in [4.69, 9.17) is 9.26 Å². The summed E-state index contributed by atoms with van der Waals surface area (Å²) in [5, 5.41) is 7.08. The summed E-state index contributed by atoms with van der Waals surface area (Å²) in [7, 11) is 1.83. The van der Waals surface area contributed by atoms with Crippen molar-refractivity contribution in [1.82, 2.24) is 15.0 Å². The van der Waals surface area contributed by atoms with Gasteiger partial charge in [-0.3, -0.25) is 4.79 Å². The van der Waals surface area contributed by atoms with E-state index in [1.165, 1.54) is 0 Å². The Labute approximate surface area is 147 Å². The zero-order valence-corrected chi connectivity index (χ0v) is 15.1. The summed E-state index contributed by atoms with van der Waals surface area (Å²) >= 11 is 0. The number of morpholine rings is 1. The number of amides is 1. The summed E-state index contributed by atoms with van der Waals surface area (Å²) in [5.74, 6) is 1.41. The van der Waals surface area contributed by atoms with Crippen molar-refractivity contribution in [2.75, 3.05) is 32.1 Å². The van der Waals surface area contributed by atoms with Crippen molar-refractivity contribution >= 4 is 11.7 Å². The number of nitrogens with one attached hydrogen (secondary N) is 1. The third-order valence-electron chi connectivity index (χ3n) is 4.36. The topological polar surface area (TPSA) is 80.5 Å². The minimum atomic E-state index is -0.242. The monoisotopic (exact) mass is 344 g/mol. The highest BCUT2D eigenvalue weighted by atomic mass is 16.5. The number of anilines is 1. The lowest BCUT2D eigenvalue weighted by Crippen LogP contribution is -2.42. The van der Waals surface area contributed by atoms with Crippen molar-refractivity contribution in [3.8, 4) is 0 Å². The van der Waals surface area contributed by atoms with Crippen molar-refractivity contribution in [2.45, 2.75) is 32.8 Å². The molecule has 1 atom stereocenters. The molecule has 1 N–H and O–H groups in total. The summed E-state index contributed by atoms with van der Waals surface area (Å²) in [6, 6.07) is 5.74. The highest BCUT2D eigenvalue weighted by Gasteiger charge is 2.31. The Kier molecular flexibility index (Phi) is 5.03. The molecule has 1 unspecified atom stereocenters. The average Bonchev–Trinajstić information content (AvgIpc) is 3.03. The van der Waals surface area contributed by atoms with Gasteiger partial charge in [0.1, 0.15) is 23.2 Å². The highest BCUT2D eigenvalue weighted by molar-refractivity contribution is 5.96. The first kappa shape index (κ1) is 17.4. The van der Waals surface area contributed by atoms with Gasteiger partial charge in [-0.15, -0.1) is 0 Å². The molecule has 0 bridgehead atoms. The summed E-state index contributed by atoms with van der Waals surface area (Å²) in [6.45, 7) is 7.27. The second-order valence-electron chi connectivity index (χ2n) is 6.46. The third-order valence-corrected chi connectivity index (χ3v) is 4.36. The van der Waals surface area contributed by atoms with Gasteiger partial charge < -0.3 is 19.5 Å². The molecule has 2 aromatic rings. The van der Waals surface area contributed by atoms with Gasteiger partial charge in [0.2, 0.25) is 0 Å².